The number of anilines is 2. The van der Waals surface area contributed by atoms with Gasteiger partial charge in [0.15, 0.2) is 0 Å². The average Bonchev–Trinajstić information content (AvgIpc) is 2.58. The number of halogens is 1. The minimum atomic E-state index is -0.758. The number of aryl methyl sites for hydroxylation is 1. The number of hydrogen-bond acceptors (Lipinski definition) is 6. The minimum absolute atomic E-state index is 0.0380. The monoisotopic (exact) mass is 357 g/mol. The quantitative estimate of drug-likeness (QED) is 0.366. The Morgan fingerprint density at radius 3 is 2.84 bits per heavy atom. The van der Waals surface area contributed by atoms with E-state index in [2.05, 4.69) is 15.6 Å². The smallest absolute Gasteiger partial charge is 0.271 e. The van der Waals surface area contributed by atoms with E-state index in [-0.39, 0.29) is 22.0 Å². The van der Waals surface area contributed by atoms with Crippen LogP contribution in [0.1, 0.15) is 5.56 Å². The molecule has 0 bridgehead atoms. The first-order valence-electron chi connectivity index (χ1n) is 6.96. The first kappa shape index (κ1) is 17.9. The molecule has 0 aliphatic rings. The molecule has 0 aliphatic heterocycles. The number of carbonyl (C=O) groups excluding carboxylic acids is 1. The van der Waals surface area contributed by atoms with E-state index in [0.717, 1.165) is 11.6 Å². The van der Waals surface area contributed by atoms with Crippen LogP contribution in [0.25, 0.3) is 0 Å². The van der Waals surface area contributed by atoms with Gasteiger partial charge in [-0.25, -0.2) is 4.98 Å². The zero-order valence-corrected chi connectivity index (χ0v) is 13.7. The second-order valence-corrected chi connectivity index (χ2v) is 5.27. The molecule has 2 aromatic rings. The number of rotatable bonds is 5. The number of hydrogen-bond donors (Lipinski definition) is 2. The van der Waals surface area contributed by atoms with Crippen molar-refractivity contribution in [3.63, 3.8) is 0 Å². The van der Waals surface area contributed by atoms with E-state index in [1.54, 1.807) is 18.3 Å². The third-order valence-electron chi connectivity index (χ3n) is 3.14. The van der Waals surface area contributed by atoms with Crippen molar-refractivity contribution in [2.45, 2.75) is 6.92 Å². The lowest BCUT2D eigenvalue weighted by Crippen LogP contribution is -2.15. The minimum Gasteiger partial charge on any atom is -0.345 e. The summed E-state index contributed by atoms with van der Waals surface area (Å²) < 4.78 is 0. The highest BCUT2D eigenvalue weighted by molar-refractivity contribution is 6.34. The molecule has 9 heteroatoms. The first-order valence-corrected chi connectivity index (χ1v) is 7.34. The summed E-state index contributed by atoms with van der Waals surface area (Å²) in [6.45, 7) is 1.82. The number of nitrogens with zero attached hydrogens (tertiary/aromatic N) is 3. The van der Waals surface area contributed by atoms with Crippen LogP contribution in [-0.4, -0.2) is 15.8 Å². The number of benzene rings is 1. The lowest BCUT2D eigenvalue weighted by Gasteiger charge is -2.07. The Bertz CT molecular complexity index is 905. The molecule has 1 heterocycles. The van der Waals surface area contributed by atoms with Gasteiger partial charge in [0.25, 0.3) is 11.6 Å². The van der Waals surface area contributed by atoms with Crippen LogP contribution < -0.4 is 10.6 Å². The van der Waals surface area contributed by atoms with Crippen LogP contribution in [0, 0.1) is 28.4 Å². The number of pyridine rings is 1. The van der Waals surface area contributed by atoms with Crippen LogP contribution in [-0.2, 0) is 4.79 Å². The largest absolute Gasteiger partial charge is 0.345 e. The predicted molar refractivity (Wildman–Crippen MR) is 93.0 cm³/mol. The number of amides is 1. The number of nitrogens with one attached hydrogen (secondary N) is 2. The summed E-state index contributed by atoms with van der Waals surface area (Å²) in [4.78, 5) is 26.5. The van der Waals surface area contributed by atoms with E-state index in [1.165, 1.54) is 18.3 Å². The zero-order chi connectivity index (χ0) is 18.4. The summed E-state index contributed by atoms with van der Waals surface area (Å²) in [5, 5.41) is 25.2. The highest BCUT2D eigenvalue weighted by Crippen LogP contribution is 2.27. The standard InChI is InChI=1S/C16H12ClN5O3/c1-10-3-2-6-19-15(10)20-9-11(8-18)16(23)21-14-7-12(22(24)25)4-5-13(14)17/h2-7,9H,1H3,(H,19,20)(H,21,23)/b11-9-. The van der Waals surface area contributed by atoms with Crippen LogP contribution in [0.2, 0.25) is 5.02 Å². The van der Waals surface area contributed by atoms with Crippen molar-refractivity contribution in [3.8, 4) is 6.07 Å². The van der Waals surface area contributed by atoms with Gasteiger partial charge in [-0.15, -0.1) is 0 Å². The molecule has 25 heavy (non-hydrogen) atoms. The van der Waals surface area contributed by atoms with E-state index in [4.69, 9.17) is 16.9 Å². The highest BCUT2D eigenvalue weighted by Gasteiger charge is 2.15. The Morgan fingerprint density at radius 1 is 1.44 bits per heavy atom. The molecule has 0 fully saturated rings. The molecule has 0 spiro atoms. The molecule has 1 aromatic heterocycles. The fraction of sp³-hybridized carbons (Fsp3) is 0.0625. The van der Waals surface area contributed by atoms with Gasteiger partial charge in [-0.2, -0.15) is 5.26 Å². The summed E-state index contributed by atoms with van der Waals surface area (Å²) in [5.74, 6) is -0.262. The zero-order valence-electron chi connectivity index (χ0n) is 13.0. The Labute approximate surface area is 147 Å². The second-order valence-electron chi connectivity index (χ2n) is 4.86. The van der Waals surface area contributed by atoms with E-state index in [9.17, 15) is 14.9 Å². The van der Waals surface area contributed by atoms with Gasteiger partial charge in [0.1, 0.15) is 17.5 Å². The van der Waals surface area contributed by atoms with Gasteiger partial charge in [-0.1, -0.05) is 17.7 Å². The van der Waals surface area contributed by atoms with Crippen molar-refractivity contribution < 1.29 is 9.72 Å². The van der Waals surface area contributed by atoms with Gasteiger partial charge in [-0.3, -0.25) is 14.9 Å². The number of carbonyl (C=O) groups is 1. The molecule has 0 unspecified atom stereocenters. The summed E-state index contributed by atoms with van der Waals surface area (Å²) in [7, 11) is 0. The third-order valence-corrected chi connectivity index (χ3v) is 3.47. The van der Waals surface area contributed by atoms with Crippen molar-refractivity contribution in [2.24, 2.45) is 0 Å². The molecule has 2 rings (SSSR count). The summed E-state index contributed by atoms with van der Waals surface area (Å²) >= 11 is 5.92. The second kappa shape index (κ2) is 7.90. The molecule has 0 saturated carbocycles. The van der Waals surface area contributed by atoms with Gasteiger partial charge in [0.05, 0.1) is 15.6 Å². The number of aromatic nitrogens is 1. The van der Waals surface area contributed by atoms with Gasteiger partial charge >= 0.3 is 0 Å². The molecule has 1 amide bonds. The third kappa shape index (κ3) is 4.53. The topological polar surface area (TPSA) is 121 Å². The molecule has 126 valence electrons. The van der Waals surface area contributed by atoms with Gasteiger partial charge < -0.3 is 10.6 Å². The average molecular weight is 358 g/mol. The van der Waals surface area contributed by atoms with Crippen molar-refractivity contribution in [3.05, 3.63) is 69.0 Å². The van der Waals surface area contributed by atoms with Crippen LogP contribution in [0.4, 0.5) is 17.2 Å². The van der Waals surface area contributed by atoms with Crippen molar-refractivity contribution in [1.82, 2.24) is 4.98 Å². The summed E-state index contributed by atoms with van der Waals surface area (Å²) in [6.07, 6.45) is 2.77. The number of nitro groups is 1. The van der Waals surface area contributed by atoms with Crippen molar-refractivity contribution in [2.75, 3.05) is 10.6 Å². The maximum atomic E-state index is 12.2. The molecule has 0 atom stereocenters. The van der Waals surface area contributed by atoms with Gasteiger partial charge in [0.2, 0.25) is 0 Å². The lowest BCUT2D eigenvalue weighted by molar-refractivity contribution is -0.384. The van der Waals surface area contributed by atoms with E-state index < -0.39 is 10.8 Å². The van der Waals surface area contributed by atoms with E-state index in [1.807, 2.05) is 13.0 Å². The molecular weight excluding hydrogens is 346 g/mol. The SMILES string of the molecule is Cc1cccnc1N/C=C(/C#N)C(=O)Nc1cc([N+](=O)[O-])ccc1Cl. The van der Waals surface area contributed by atoms with Crippen LogP contribution in [0.5, 0.6) is 0 Å². The molecular formula is C16H12ClN5O3. The van der Waals surface area contributed by atoms with E-state index in [0.29, 0.717) is 5.82 Å². The molecule has 0 aliphatic carbocycles. The van der Waals surface area contributed by atoms with Crippen LogP contribution >= 0.6 is 11.6 Å². The Kier molecular flexibility index (Phi) is 5.66. The van der Waals surface area contributed by atoms with Crippen molar-refractivity contribution >= 4 is 34.7 Å². The van der Waals surface area contributed by atoms with Crippen LogP contribution in [0.15, 0.2) is 48.3 Å². The van der Waals surface area contributed by atoms with E-state index >= 15 is 0 Å². The predicted octanol–water partition coefficient (Wildman–Crippen LogP) is 3.41. The molecule has 1 aromatic carbocycles. The van der Waals surface area contributed by atoms with Crippen molar-refractivity contribution in [1.29, 1.82) is 5.26 Å². The Balaban J connectivity index is 2.19. The maximum Gasteiger partial charge on any atom is 0.271 e. The fourth-order valence-electron chi connectivity index (χ4n) is 1.84. The maximum absolute atomic E-state index is 12.2. The fourth-order valence-corrected chi connectivity index (χ4v) is 2.00. The summed E-state index contributed by atoms with van der Waals surface area (Å²) in [6, 6.07) is 8.95. The lowest BCUT2D eigenvalue weighted by atomic mass is 10.2. The molecule has 8 nitrogen and oxygen atoms in total. The highest BCUT2D eigenvalue weighted by atomic mass is 35.5. The Hall–Kier alpha value is -3.44. The number of non-ortho nitro benzene ring substituents is 1. The van der Waals surface area contributed by atoms with Gasteiger partial charge in [0, 0.05) is 24.5 Å². The first-order chi connectivity index (χ1) is 11.9. The van der Waals surface area contributed by atoms with Gasteiger partial charge in [-0.05, 0) is 24.6 Å². The normalized spacial score (nSPS) is 10.7. The Morgan fingerprint density at radius 2 is 2.20 bits per heavy atom. The number of nitriles is 1. The number of nitro benzene ring substituents is 1. The molecule has 0 radical (unpaired) electrons. The van der Waals surface area contributed by atoms with Crippen LogP contribution in [0.3, 0.4) is 0 Å². The molecule has 0 saturated heterocycles. The molecule has 2 N–H and O–H groups in total. The summed E-state index contributed by atoms with van der Waals surface area (Å²) in [5.41, 5.74) is 0.395.